The van der Waals surface area contributed by atoms with Crippen LogP contribution in [0.2, 0.25) is 0 Å². The van der Waals surface area contributed by atoms with Crippen molar-refractivity contribution in [2.24, 2.45) is 0 Å². The third kappa shape index (κ3) is 2.16. The third-order valence-electron chi connectivity index (χ3n) is 1.69. The van der Waals surface area contributed by atoms with Crippen molar-refractivity contribution in [1.29, 1.82) is 0 Å². The average molecular weight is 224 g/mol. The van der Waals surface area contributed by atoms with Crippen molar-refractivity contribution in [2.75, 3.05) is 0 Å². The molecule has 0 amide bonds. The van der Waals surface area contributed by atoms with Gasteiger partial charge >= 0.3 is 16.1 Å². The molecule has 0 aliphatic heterocycles. The van der Waals surface area contributed by atoms with Crippen LogP contribution in [0.15, 0.2) is 47.6 Å². The van der Waals surface area contributed by atoms with E-state index in [2.05, 4.69) is 9.97 Å². The number of nitrogens with one attached hydrogen (secondary N) is 1. The Balaban J connectivity index is 2.29. The van der Waals surface area contributed by atoms with E-state index < -0.39 is 10.1 Å². The van der Waals surface area contributed by atoms with E-state index in [-0.39, 0.29) is 10.9 Å². The van der Waals surface area contributed by atoms with Crippen LogP contribution in [-0.4, -0.2) is 18.4 Å². The molecule has 1 aromatic heterocycles. The maximum atomic E-state index is 11.6. The number of imidazole rings is 1. The van der Waals surface area contributed by atoms with Crippen LogP contribution >= 0.6 is 0 Å². The predicted octanol–water partition coefficient (Wildman–Crippen LogP) is 1.18. The smallest absolute Gasteiger partial charge is 0.341 e. The molecule has 0 aliphatic carbocycles. The molecule has 0 unspecified atom stereocenters. The fraction of sp³-hybridized carbons (Fsp3) is 0. The number of hydrogen-bond acceptors (Lipinski definition) is 4. The van der Waals surface area contributed by atoms with Crippen LogP contribution in [0.3, 0.4) is 0 Å². The fourth-order valence-corrected chi connectivity index (χ4v) is 1.92. The van der Waals surface area contributed by atoms with E-state index in [0.29, 0.717) is 0 Å². The lowest BCUT2D eigenvalue weighted by molar-refractivity contribution is 0.467. The number of aromatic nitrogens is 2. The molecule has 1 heterocycles. The van der Waals surface area contributed by atoms with Gasteiger partial charge in [-0.15, -0.1) is 0 Å². The van der Waals surface area contributed by atoms with Gasteiger partial charge in [0.05, 0.1) is 0 Å². The van der Waals surface area contributed by atoms with Gasteiger partial charge in [0.15, 0.2) is 0 Å². The average Bonchev–Trinajstić information content (AvgIpc) is 2.71. The lowest BCUT2D eigenvalue weighted by atomic mass is 10.4. The molecule has 0 radical (unpaired) electrons. The number of hydrogen-bond donors (Lipinski definition) is 1. The van der Waals surface area contributed by atoms with Crippen LogP contribution in [0.1, 0.15) is 0 Å². The molecular weight excluding hydrogens is 216 g/mol. The Bertz CT molecular complexity index is 520. The maximum absolute atomic E-state index is 11.6. The zero-order valence-corrected chi connectivity index (χ0v) is 8.44. The van der Waals surface area contributed by atoms with Gasteiger partial charge in [0, 0.05) is 12.4 Å². The van der Waals surface area contributed by atoms with Gasteiger partial charge in [-0.25, -0.2) is 4.98 Å². The second-order valence-corrected chi connectivity index (χ2v) is 4.29. The summed E-state index contributed by atoms with van der Waals surface area (Å²) in [6, 6.07) is 7.85. The Morgan fingerprint density at radius 1 is 1.20 bits per heavy atom. The first-order valence-electron chi connectivity index (χ1n) is 4.17. The lowest BCUT2D eigenvalue weighted by Gasteiger charge is -2.02. The van der Waals surface area contributed by atoms with Crippen molar-refractivity contribution in [3.8, 4) is 6.01 Å². The normalized spacial score (nSPS) is 11.2. The summed E-state index contributed by atoms with van der Waals surface area (Å²) in [5.41, 5.74) is 0. The van der Waals surface area contributed by atoms with Gasteiger partial charge in [0.1, 0.15) is 4.90 Å². The van der Waals surface area contributed by atoms with E-state index in [9.17, 15) is 8.42 Å². The van der Waals surface area contributed by atoms with Gasteiger partial charge in [-0.05, 0) is 12.1 Å². The van der Waals surface area contributed by atoms with Crippen LogP contribution in [0.25, 0.3) is 0 Å². The molecule has 78 valence electrons. The van der Waals surface area contributed by atoms with Crippen molar-refractivity contribution in [3.63, 3.8) is 0 Å². The van der Waals surface area contributed by atoms with Gasteiger partial charge in [-0.1, -0.05) is 18.2 Å². The Morgan fingerprint density at radius 3 is 2.53 bits per heavy atom. The molecule has 0 aliphatic rings. The van der Waals surface area contributed by atoms with E-state index in [4.69, 9.17) is 4.18 Å². The van der Waals surface area contributed by atoms with E-state index in [0.717, 1.165) is 0 Å². The maximum Gasteiger partial charge on any atom is 0.341 e. The van der Waals surface area contributed by atoms with Crippen LogP contribution in [0, 0.1) is 0 Å². The number of rotatable bonds is 3. The fourth-order valence-electron chi connectivity index (χ4n) is 1.04. The number of aromatic amines is 1. The lowest BCUT2D eigenvalue weighted by Crippen LogP contribution is -2.10. The van der Waals surface area contributed by atoms with Crippen LogP contribution in [0.5, 0.6) is 6.01 Å². The highest BCUT2D eigenvalue weighted by atomic mass is 32.2. The predicted molar refractivity (Wildman–Crippen MR) is 52.8 cm³/mol. The molecular formula is C9H8N2O3S. The molecule has 1 aromatic carbocycles. The monoisotopic (exact) mass is 224 g/mol. The molecule has 0 fully saturated rings. The molecule has 0 atom stereocenters. The summed E-state index contributed by atoms with van der Waals surface area (Å²) in [6.07, 6.45) is 2.89. The first kappa shape index (κ1) is 9.72. The summed E-state index contributed by atoms with van der Waals surface area (Å²) in [5, 5.41) is 0. The van der Waals surface area contributed by atoms with Crippen molar-refractivity contribution in [2.45, 2.75) is 4.90 Å². The first-order chi connectivity index (χ1) is 7.18. The van der Waals surface area contributed by atoms with Crippen LogP contribution in [-0.2, 0) is 10.1 Å². The minimum Gasteiger partial charge on any atom is -0.342 e. The van der Waals surface area contributed by atoms with Crippen molar-refractivity contribution >= 4 is 10.1 Å². The molecule has 1 N–H and O–H groups in total. The number of benzene rings is 1. The number of nitrogens with zero attached hydrogens (tertiary/aromatic N) is 1. The van der Waals surface area contributed by atoms with E-state index >= 15 is 0 Å². The van der Waals surface area contributed by atoms with Crippen molar-refractivity contribution in [1.82, 2.24) is 9.97 Å². The zero-order chi connectivity index (χ0) is 10.7. The standard InChI is InChI=1S/C9H8N2O3S/c12-15(13,8-4-2-1-3-5-8)14-9-10-6-7-11-9/h1-7H,(H,10,11). The number of H-pyrrole nitrogens is 1. The Hall–Kier alpha value is -1.82. The Kier molecular flexibility index (Phi) is 2.42. The first-order valence-corrected chi connectivity index (χ1v) is 5.58. The third-order valence-corrected chi connectivity index (χ3v) is 2.92. The molecule has 0 bridgehead atoms. The summed E-state index contributed by atoms with van der Waals surface area (Å²) >= 11 is 0. The summed E-state index contributed by atoms with van der Waals surface area (Å²) < 4.78 is 28.0. The Morgan fingerprint density at radius 2 is 1.93 bits per heavy atom. The zero-order valence-electron chi connectivity index (χ0n) is 7.62. The minimum atomic E-state index is -3.78. The highest BCUT2D eigenvalue weighted by molar-refractivity contribution is 7.87. The van der Waals surface area contributed by atoms with E-state index in [1.54, 1.807) is 18.2 Å². The van der Waals surface area contributed by atoms with Gasteiger partial charge < -0.3 is 9.17 Å². The molecule has 5 nitrogen and oxygen atoms in total. The SMILES string of the molecule is O=S(=O)(Oc1ncc[nH]1)c1ccccc1. The largest absolute Gasteiger partial charge is 0.342 e. The van der Waals surface area contributed by atoms with Crippen LogP contribution < -0.4 is 4.18 Å². The van der Waals surface area contributed by atoms with Gasteiger partial charge in [-0.3, -0.25) is 0 Å². The summed E-state index contributed by atoms with van der Waals surface area (Å²) in [5.74, 6) is 0. The summed E-state index contributed by atoms with van der Waals surface area (Å²) in [4.78, 5) is 6.32. The van der Waals surface area contributed by atoms with Crippen molar-refractivity contribution < 1.29 is 12.6 Å². The van der Waals surface area contributed by atoms with Crippen molar-refractivity contribution in [3.05, 3.63) is 42.7 Å². The Labute approximate surface area is 86.9 Å². The molecule has 0 saturated heterocycles. The van der Waals surface area contributed by atoms with Gasteiger partial charge in [0.2, 0.25) is 0 Å². The molecule has 15 heavy (non-hydrogen) atoms. The molecule has 2 aromatic rings. The topological polar surface area (TPSA) is 72.1 Å². The second-order valence-electron chi connectivity index (χ2n) is 2.74. The highest BCUT2D eigenvalue weighted by Crippen LogP contribution is 2.13. The van der Waals surface area contributed by atoms with Gasteiger partial charge in [0.25, 0.3) is 0 Å². The van der Waals surface area contributed by atoms with E-state index in [1.165, 1.54) is 24.5 Å². The quantitative estimate of drug-likeness (QED) is 0.794. The highest BCUT2D eigenvalue weighted by Gasteiger charge is 2.16. The second kappa shape index (κ2) is 3.74. The summed E-state index contributed by atoms with van der Waals surface area (Å²) in [7, 11) is -3.78. The van der Waals surface area contributed by atoms with Gasteiger partial charge in [-0.2, -0.15) is 8.42 Å². The molecule has 2 rings (SSSR count). The molecule has 0 saturated carbocycles. The minimum absolute atomic E-state index is 0.0427. The molecule has 6 heteroatoms. The summed E-state index contributed by atoms with van der Waals surface area (Å²) in [6.45, 7) is 0. The molecule has 0 spiro atoms. The van der Waals surface area contributed by atoms with Crippen LogP contribution in [0.4, 0.5) is 0 Å². The van der Waals surface area contributed by atoms with E-state index in [1.807, 2.05) is 0 Å².